The predicted molar refractivity (Wildman–Crippen MR) is 87.2 cm³/mol. The van der Waals surface area contributed by atoms with Gasteiger partial charge in [0, 0.05) is 25.3 Å². The molecule has 2 atom stereocenters. The van der Waals surface area contributed by atoms with Gasteiger partial charge in [-0.25, -0.2) is 0 Å². The summed E-state index contributed by atoms with van der Waals surface area (Å²) in [6, 6.07) is 0. The van der Waals surface area contributed by atoms with Gasteiger partial charge in [-0.15, -0.1) is 0 Å². The van der Waals surface area contributed by atoms with Crippen molar-refractivity contribution in [2.75, 3.05) is 14.2 Å². The highest BCUT2D eigenvalue weighted by molar-refractivity contribution is 6.70. The van der Waals surface area contributed by atoms with Crippen LogP contribution in [0.3, 0.4) is 0 Å². The van der Waals surface area contributed by atoms with Crippen molar-refractivity contribution in [1.29, 1.82) is 0 Å². The third-order valence-electron chi connectivity index (χ3n) is 6.17. The van der Waals surface area contributed by atoms with E-state index in [1.54, 1.807) is 0 Å². The summed E-state index contributed by atoms with van der Waals surface area (Å²) in [4.78, 5) is 0. The normalized spacial score (nSPS) is 32.2. The Labute approximate surface area is 126 Å². The lowest BCUT2D eigenvalue weighted by atomic mass is 9.77. The lowest BCUT2D eigenvalue weighted by Gasteiger charge is -2.48. The van der Waals surface area contributed by atoms with Crippen LogP contribution in [0.1, 0.15) is 72.1 Å². The molecule has 2 aliphatic carbocycles. The van der Waals surface area contributed by atoms with Crippen LogP contribution in [0.25, 0.3) is 0 Å². The molecule has 2 saturated carbocycles. The predicted octanol–water partition coefficient (Wildman–Crippen LogP) is 5.27. The van der Waals surface area contributed by atoms with E-state index in [4.69, 9.17) is 8.85 Å². The van der Waals surface area contributed by atoms with E-state index < -0.39 is 8.56 Å². The van der Waals surface area contributed by atoms with Crippen molar-refractivity contribution < 1.29 is 8.85 Å². The molecular formula is C17H34O2Si. The highest BCUT2D eigenvalue weighted by Crippen LogP contribution is 2.53. The monoisotopic (exact) mass is 298 g/mol. The third kappa shape index (κ3) is 3.15. The molecule has 0 heterocycles. The first kappa shape index (κ1) is 16.5. The Kier molecular flexibility index (Phi) is 5.36. The lowest BCUT2D eigenvalue weighted by Crippen LogP contribution is -2.53. The second-order valence-corrected chi connectivity index (χ2v) is 11.8. The largest absolute Gasteiger partial charge is 0.397 e. The lowest BCUT2D eigenvalue weighted by molar-refractivity contribution is 0.157. The maximum atomic E-state index is 6.22. The molecule has 0 aromatic carbocycles. The highest BCUT2D eigenvalue weighted by atomic mass is 28.4. The summed E-state index contributed by atoms with van der Waals surface area (Å²) >= 11 is 0. The quantitative estimate of drug-likeness (QED) is 0.658. The molecule has 0 N–H and O–H groups in total. The van der Waals surface area contributed by atoms with Crippen LogP contribution in [-0.2, 0) is 8.85 Å². The first-order chi connectivity index (χ1) is 9.45. The topological polar surface area (TPSA) is 18.5 Å². The second-order valence-electron chi connectivity index (χ2n) is 7.94. The fraction of sp³-hybridized carbons (Fsp3) is 1.00. The van der Waals surface area contributed by atoms with Crippen molar-refractivity contribution in [2.45, 2.75) is 83.2 Å². The van der Waals surface area contributed by atoms with Gasteiger partial charge in [-0.05, 0) is 43.4 Å². The molecule has 2 nitrogen and oxygen atoms in total. The SMILES string of the molecule is CO[Si](OC)(C1CCC(C)(C)CC1)C1CCCCC1C. The van der Waals surface area contributed by atoms with E-state index in [2.05, 4.69) is 20.8 Å². The summed E-state index contributed by atoms with van der Waals surface area (Å²) in [6.07, 6.45) is 10.7. The van der Waals surface area contributed by atoms with Gasteiger partial charge in [0.25, 0.3) is 0 Å². The zero-order chi connectivity index (χ0) is 14.8. The van der Waals surface area contributed by atoms with Gasteiger partial charge >= 0.3 is 8.56 Å². The summed E-state index contributed by atoms with van der Waals surface area (Å²) in [5.74, 6) is 0.783. The van der Waals surface area contributed by atoms with Gasteiger partial charge in [-0.2, -0.15) is 0 Å². The Morgan fingerprint density at radius 1 is 0.900 bits per heavy atom. The van der Waals surface area contributed by atoms with E-state index in [1.165, 1.54) is 51.4 Å². The summed E-state index contributed by atoms with van der Waals surface area (Å²) in [5, 5.41) is 0. The third-order valence-corrected chi connectivity index (χ3v) is 11.1. The molecular weight excluding hydrogens is 264 g/mol. The van der Waals surface area contributed by atoms with Crippen LogP contribution >= 0.6 is 0 Å². The van der Waals surface area contributed by atoms with Crippen LogP contribution in [0.4, 0.5) is 0 Å². The highest BCUT2D eigenvalue weighted by Gasteiger charge is 2.54. The van der Waals surface area contributed by atoms with Gasteiger partial charge in [-0.3, -0.25) is 0 Å². The van der Waals surface area contributed by atoms with Crippen molar-refractivity contribution >= 4 is 8.56 Å². The van der Waals surface area contributed by atoms with E-state index in [1.807, 2.05) is 14.2 Å². The van der Waals surface area contributed by atoms with E-state index in [-0.39, 0.29) is 0 Å². The molecule has 3 heteroatoms. The minimum atomic E-state index is -2.07. The molecule has 0 amide bonds. The van der Waals surface area contributed by atoms with Crippen LogP contribution in [0.2, 0.25) is 11.1 Å². The molecule has 0 spiro atoms. The zero-order valence-corrected chi connectivity index (χ0v) is 15.2. The molecule has 0 aliphatic heterocycles. The molecule has 2 fully saturated rings. The molecule has 0 radical (unpaired) electrons. The van der Waals surface area contributed by atoms with Crippen LogP contribution in [0, 0.1) is 11.3 Å². The number of rotatable bonds is 4. The fourth-order valence-electron chi connectivity index (χ4n) is 4.74. The Bertz CT molecular complexity index is 302. The first-order valence-corrected chi connectivity index (χ1v) is 10.5. The maximum absolute atomic E-state index is 6.22. The minimum Gasteiger partial charge on any atom is -0.397 e. The first-order valence-electron chi connectivity index (χ1n) is 8.55. The number of hydrogen-bond acceptors (Lipinski definition) is 2. The van der Waals surface area contributed by atoms with Crippen molar-refractivity contribution in [3.63, 3.8) is 0 Å². The molecule has 118 valence electrons. The van der Waals surface area contributed by atoms with Crippen molar-refractivity contribution in [3.8, 4) is 0 Å². The second kappa shape index (κ2) is 6.49. The standard InChI is InChI=1S/C17H34O2Si/c1-14-8-6-7-9-16(14)20(18-4,19-5)15-10-12-17(2,3)13-11-15/h14-16H,6-13H2,1-5H3. The van der Waals surface area contributed by atoms with Crippen molar-refractivity contribution in [1.82, 2.24) is 0 Å². The molecule has 0 bridgehead atoms. The van der Waals surface area contributed by atoms with E-state index in [9.17, 15) is 0 Å². The van der Waals surface area contributed by atoms with E-state index in [0.29, 0.717) is 16.5 Å². The average molecular weight is 299 g/mol. The van der Waals surface area contributed by atoms with Crippen molar-refractivity contribution in [3.05, 3.63) is 0 Å². The molecule has 0 aromatic rings. The Morgan fingerprint density at radius 3 is 1.95 bits per heavy atom. The van der Waals surface area contributed by atoms with E-state index in [0.717, 1.165) is 5.92 Å². The molecule has 20 heavy (non-hydrogen) atoms. The number of hydrogen-bond donors (Lipinski definition) is 0. The molecule has 2 aliphatic rings. The van der Waals surface area contributed by atoms with Crippen LogP contribution in [0.5, 0.6) is 0 Å². The van der Waals surface area contributed by atoms with Crippen molar-refractivity contribution in [2.24, 2.45) is 11.3 Å². The van der Waals surface area contributed by atoms with Crippen LogP contribution in [0.15, 0.2) is 0 Å². The Morgan fingerprint density at radius 2 is 1.45 bits per heavy atom. The fourth-order valence-corrected chi connectivity index (χ4v) is 9.44. The van der Waals surface area contributed by atoms with Gasteiger partial charge in [0.05, 0.1) is 0 Å². The van der Waals surface area contributed by atoms with Gasteiger partial charge in [-0.1, -0.05) is 40.0 Å². The average Bonchev–Trinajstić information content (AvgIpc) is 2.43. The Hall–Kier alpha value is 0.137. The van der Waals surface area contributed by atoms with Gasteiger partial charge in [0.2, 0.25) is 0 Å². The van der Waals surface area contributed by atoms with Gasteiger partial charge in [0.15, 0.2) is 0 Å². The Balaban J connectivity index is 2.16. The molecule has 2 unspecified atom stereocenters. The van der Waals surface area contributed by atoms with Crippen LogP contribution in [-0.4, -0.2) is 22.8 Å². The zero-order valence-electron chi connectivity index (χ0n) is 14.2. The smallest absolute Gasteiger partial charge is 0.344 e. The van der Waals surface area contributed by atoms with E-state index >= 15 is 0 Å². The molecule has 0 aromatic heterocycles. The van der Waals surface area contributed by atoms with Gasteiger partial charge < -0.3 is 8.85 Å². The summed E-state index contributed by atoms with van der Waals surface area (Å²) < 4.78 is 12.4. The molecule has 0 saturated heterocycles. The summed E-state index contributed by atoms with van der Waals surface area (Å²) in [7, 11) is 1.79. The maximum Gasteiger partial charge on any atom is 0.344 e. The van der Waals surface area contributed by atoms with Gasteiger partial charge in [0.1, 0.15) is 0 Å². The summed E-state index contributed by atoms with van der Waals surface area (Å²) in [5.41, 5.74) is 1.93. The van der Waals surface area contributed by atoms with Crippen LogP contribution < -0.4 is 0 Å². The molecule has 2 rings (SSSR count). The summed E-state index contributed by atoms with van der Waals surface area (Å²) in [6.45, 7) is 7.25. The minimum absolute atomic E-state index is 0.524.